The van der Waals surface area contributed by atoms with Gasteiger partial charge in [0.25, 0.3) is 0 Å². The molecule has 0 aromatic carbocycles. The van der Waals surface area contributed by atoms with Gasteiger partial charge in [-0.15, -0.1) is 0 Å². The largest absolute Gasteiger partial charge is 0.394 e. The molecule has 0 bridgehead atoms. The van der Waals surface area contributed by atoms with Gasteiger partial charge >= 0.3 is 0 Å². The maximum atomic E-state index is 8.75. The maximum absolute atomic E-state index is 8.75. The lowest BCUT2D eigenvalue weighted by Gasteiger charge is -2.35. The fourth-order valence-electron chi connectivity index (χ4n) is 1.37. The summed E-state index contributed by atoms with van der Waals surface area (Å²) in [6.07, 6.45) is 1.24. The van der Waals surface area contributed by atoms with Crippen molar-refractivity contribution in [2.75, 3.05) is 13.2 Å². The Bertz CT molecular complexity index is 151. The van der Waals surface area contributed by atoms with Crippen LogP contribution in [0.15, 0.2) is 0 Å². The Morgan fingerprint density at radius 1 is 1.07 bits per heavy atom. The molecule has 2 heteroatoms. The van der Waals surface area contributed by atoms with E-state index in [1.165, 1.54) is 0 Å². The minimum Gasteiger partial charge on any atom is -0.394 e. The van der Waals surface area contributed by atoms with E-state index in [1.54, 1.807) is 0 Å². The van der Waals surface area contributed by atoms with Crippen molar-refractivity contribution in [3.63, 3.8) is 0 Å². The van der Waals surface area contributed by atoms with Crippen LogP contribution in [0.1, 0.15) is 48.0 Å². The Hall–Kier alpha value is -0.0800. The number of aliphatic hydroxyl groups excluding tert-OH is 1. The standard InChI is InChI=1S/C12H26O2/c1-11(2,3)9-10(12(4,5)6)14-8-7-13/h10,13H,7-9H2,1-6H3. The van der Waals surface area contributed by atoms with Gasteiger partial charge in [0, 0.05) is 0 Å². The highest BCUT2D eigenvalue weighted by Gasteiger charge is 2.29. The van der Waals surface area contributed by atoms with E-state index < -0.39 is 0 Å². The minimum absolute atomic E-state index is 0.108. The molecule has 1 N–H and O–H groups in total. The monoisotopic (exact) mass is 202 g/mol. The number of ether oxygens (including phenoxy) is 1. The number of hydrogen-bond acceptors (Lipinski definition) is 2. The first-order valence-corrected chi connectivity index (χ1v) is 5.39. The third-order valence-electron chi connectivity index (χ3n) is 2.17. The lowest BCUT2D eigenvalue weighted by Crippen LogP contribution is -2.34. The van der Waals surface area contributed by atoms with Gasteiger partial charge in [0.15, 0.2) is 0 Å². The second-order valence-electron chi connectivity index (χ2n) is 6.21. The summed E-state index contributed by atoms with van der Waals surface area (Å²) in [4.78, 5) is 0. The molecule has 1 atom stereocenters. The summed E-state index contributed by atoms with van der Waals surface area (Å²) < 4.78 is 5.68. The molecule has 0 aromatic heterocycles. The van der Waals surface area contributed by atoms with Gasteiger partial charge in [-0.1, -0.05) is 41.5 Å². The molecule has 0 amide bonds. The summed E-state index contributed by atoms with van der Waals surface area (Å²) in [7, 11) is 0. The molecular weight excluding hydrogens is 176 g/mol. The van der Waals surface area contributed by atoms with Crippen LogP contribution in [0.2, 0.25) is 0 Å². The van der Waals surface area contributed by atoms with E-state index in [0.717, 1.165) is 6.42 Å². The molecule has 14 heavy (non-hydrogen) atoms. The Morgan fingerprint density at radius 2 is 1.57 bits per heavy atom. The topological polar surface area (TPSA) is 29.5 Å². The summed E-state index contributed by atoms with van der Waals surface area (Å²) >= 11 is 0. The Balaban J connectivity index is 4.26. The third kappa shape index (κ3) is 6.39. The number of aliphatic hydroxyl groups is 1. The summed E-state index contributed by atoms with van der Waals surface area (Å²) in [5.41, 5.74) is 0.413. The summed E-state index contributed by atoms with van der Waals surface area (Å²) in [6, 6.07) is 0. The van der Waals surface area contributed by atoms with Crippen LogP contribution in [-0.4, -0.2) is 24.4 Å². The third-order valence-corrected chi connectivity index (χ3v) is 2.17. The molecule has 0 fully saturated rings. The number of rotatable bonds is 4. The fraction of sp³-hybridized carbons (Fsp3) is 1.00. The van der Waals surface area contributed by atoms with Crippen LogP contribution in [-0.2, 0) is 4.74 Å². The molecule has 0 aliphatic rings. The predicted octanol–water partition coefficient (Wildman–Crippen LogP) is 2.85. The Labute approximate surface area is 88.7 Å². The highest BCUT2D eigenvalue weighted by molar-refractivity contribution is 4.79. The van der Waals surface area contributed by atoms with Crippen molar-refractivity contribution in [1.29, 1.82) is 0 Å². The fourth-order valence-corrected chi connectivity index (χ4v) is 1.37. The van der Waals surface area contributed by atoms with Gasteiger partial charge in [-0.05, 0) is 17.3 Å². The van der Waals surface area contributed by atoms with Crippen molar-refractivity contribution >= 4 is 0 Å². The van der Waals surface area contributed by atoms with E-state index in [1.807, 2.05) is 0 Å². The summed E-state index contributed by atoms with van der Waals surface area (Å²) in [5, 5.41) is 8.75. The van der Waals surface area contributed by atoms with Crippen molar-refractivity contribution in [2.45, 2.75) is 54.1 Å². The molecule has 0 saturated carbocycles. The average Bonchev–Trinajstić information content (AvgIpc) is 1.93. The zero-order chi connectivity index (χ0) is 11.4. The smallest absolute Gasteiger partial charge is 0.0701 e. The highest BCUT2D eigenvalue weighted by atomic mass is 16.5. The van der Waals surface area contributed by atoms with Crippen molar-refractivity contribution in [3.8, 4) is 0 Å². The van der Waals surface area contributed by atoms with Crippen molar-refractivity contribution in [2.24, 2.45) is 10.8 Å². The predicted molar refractivity (Wildman–Crippen MR) is 60.4 cm³/mol. The van der Waals surface area contributed by atoms with Gasteiger partial charge in [-0.2, -0.15) is 0 Å². The van der Waals surface area contributed by atoms with Crippen LogP contribution >= 0.6 is 0 Å². The molecule has 0 heterocycles. The van der Waals surface area contributed by atoms with Gasteiger partial charge in [-0.3, -0.25) is 0 Å². The van der Waals surface area contributed by atoms with Gasteiger partial charge < -0.3 is 9.84 Å². The maximum Gasteiger partial charge on any atom is 0.0701 e. The van der Waals surface area contributed by atoms with E-state index in [-0.39, 0.29) is 23.5 Å². The number of hydrogen-bond donors (Lipinski definition) is 1. The lowest BCUT2D eigenvalue weighted by molar-refractivity contribution is -0.0513. The van der Waals surface area contributed by atoms with Gasteiger partial charge in [0.2, 0.25) is 0 Å². The van der Waals surface area contributed by atoms with Gasteiger partial charge in [0.1, 0.15) is 0 Å². The molecule has 0 aromatic rings. The van der Waals surface area contributed by atoms with E-state index in [2.05, 4.69) is 41.5 Å². The molecule has 0 radical (unpaired) electrons. The molecule has 86 valence electrons. The zero-order valence-corrected chi connectivity index (χ0v) is 10.6. The zero-order valence-electron chi connectivity index (χ0n) is 10.6. The van der Waals surface area contributed by atoms with Crippen molar-refractivity contribution < 1.29 is 9.84 Å². The van der Waals surface area contributed by atoms with Crippen LogP contribution < -0.4 is 0 Å². The SMILES string of the molecule is CC(C)(C)CC(OCCO)C(C)(C)C. The molecule has 1 unspecified atom stereocenters. The molecule has 0 saturated heterocycles. The van der Waals surface area contributed by atoms with Gasteiger partial charge in [-0.25, -0.2) is 0 Å². The first-order chi connectivity index (χ1) is 6.17. The second-order valence-corrected chi connectivity index (χ2v) is 6.21. The first-order valence-electron chi connectivity index (χ1n) is 5.39. The molecule has 0 aliphatic carbocycles. The Kier molecular flexibility index (Phi) is 5.10. The normalized spacial score (nSPS) is 15.6. The Morgan fingerprint density at radius 3 is 1.86 bits per heavy atom. The average molecular weight is 202 g/mol. The first kappa shape index (κ1) is 13.9. The van der Waals surface area contributed by atoms with Gasteiger partial charge in [0.05, 0.1) is 19.3 Å². The molecule has 0 aliphatic heterocycles. The summed E-state index contributed by atoms with van der Waals surface area (Å²) in [5.74, 6) is 0. The molecular formula is C12H26O2. The van der Waals surface area contributed by atoms with E-state index in [9.17, 15) is 0 Å². The summed E-state index contributed by atoms with van der Waals surface area (Å²) in [6.45, 7) is 13.7. The van der Waals surface area contributed by atoms with Crippen LogP contribution in [0.4, 0.5) is 0 Å². The van der Waals surface area contributed by atoms with Crippen LogP contribution in [0.5, 0.6) is 0 Å². The molecule has 0 rings (SSSR count). The highest BCUT2D eigenvalue weighted by Crippen LogP contribution is 2.32. The quantitative estimate of drug-likeness (QED) is 0.759. The van der Waals surface area contributed by atoms with E-state index >= 15 is 0 Å². The molecule has 0 spiro atoms. The van der Waals surface area contributed by atoms with Crippen molar-refractivity contribution in [3.05, 3.63) is 0 Å². The minimum atomic E-state index is 0.108. The van der Waals surface area contributed by atoms with E-state index in [0.29, 0.717) is 6.61 Å². The second kappa shape index (κ2) is 5.13. The van der Waals surface area contributed by atoms with Crippen molar-refractivity contribution in [1.82, 2.24) is 0 Å². The van der Waals surface area contributed by atoms with Crippen LogP contribution in [0, 0.1) is 10.8 Å². The lowest BCUT2D eigenvalue weighted by atomic mass is 9.78. The molecule has 2 nitrogen and oxygen atoms in total. The van der Waals surface area contributed by atoms with Crippen LogP contribution in [0.25, 0.3) is 0 Å². The van der Waals surface area contributed by atoms with Crippen LogP contribution in [0.3, 0.4) is 0 Å². The van der Waals surface area contributed by atoms with E-state index in [4.69, 9.17) is 9.84 Å².